The Labute approximate surface area is 106 Å². The molecule has 0 aromatic heterocycles. The van der Waals surface area contributed by atoms with Gasteiger partial charge in [0.15, 0.2) is 0 Å². The highest BCUT2D eigenvalue weighted by Gasteiger charge is 2.30. The molecule has 0 aliphatic carbocycles. The molecule has 2 unspecified atom stereocenters. The summed E-state index contributed by atoms with van der Waals surface area (Å²) in [5.41, 5.74) is 6.20. The third-order valence-electron chi connectivity index (χ3n) is 4.79. The lowest BCUT2D eigenvalue weighted by molar-refractivity contribution is 0.0616. The molecule has 2 saturated heterocycles. The fourth-order valence-electron chi connectivity index (χ4n) is 3.22. The molecule has 0 radical (unpaired) electrons. The molecule has 0 amide bonds. The van der Waals surface area contributed by atoms with E-state index < -0.39 is 0 Å². The first-order chi connectivity index (χ1) is 8.08. The first-order valence-electron chi connectivity index (χ1n) is 7.31. The Balaban J connectivity index is 1.81. The van der Waals surface area contributed by atoms with Gasteiger partial charge in [0.1, 0.15) is 0 Å². The average Bonchev–Trinajstić information content (AvgIpc) is 2.33. The fourth-order valence-corrected chi connectivity index (χ4v) is 3.22. The van der Waals surface area contributed by atoms with Crippen molar-refractivity contribution in [2.24, 2.45) is 11.7 Å². The molecule has 0 aromatic carbocycles. The van der Waals surface area contributed by atoms with Crippen molar-refractivity contribution in [3.63, 3.8) is 0 Å². The van der Waals surface area contributed by atoms with E-state index >= 15 is 0 Å². The first-order valence-corrected chi connectivity index (χ1v) is 7.31. The topological polar surface area (TPSA) is 32.5 Å². The van der Waals surface area contributed by atoms with Crippen molar-refractivity contribution in [2.45, 2.75) is 58.2 Å². The van der Waals surface area contributed by atoms with E-state index in [1.165, 1.54) is 38.9 Å². The maximum atomic E-state index is 6.20. The molecule has 17 heavy (non-hydrogen) atoms. The highest BCUT2D eigenvalue weighted by Crippen LogP contribution is 2.23. The van der Waals surface area contributed by atoms with Gasteiger partial charge in [0.25, 0.3) is 0 Å². The van der Waals surface area contributed by atoms with Crippen LogP contribution in [0.25, 0.3) is 0 Å². The zero-order valence-corrected chi connectivity index (χ0v) is 11.7. The van der Waals surface area contributed by atoms with Gasteiger partial charge in [-0.05, 0) is 58.7 Å². The van der Waals surface area contributed by atoms with Gasteiger partial charge in [0.05, 0.1) is 0 Å². The van der Waals surface area contributed by atoms with Crippen molar-refractivity contribution in [3.05, 3.63) is 0 Å². The third kappa shape index (κ3) is 3.21. The van der Waals surface area contributed by atoms with Crippen LogP contribution in [0.2, 0.25) is 0 Å². The van der Waals surface area contributed by atoms with Crippen LogP contribution in [0.1, 0.15) is 40.0 Å². The summed E-state index contributed by atoms with van der Waals surface area (Å²) in [4.78, 5) is 5.26. The van der Waals surface area contributed by atoms with E-state index in [4.69, 9.17) is 5.73 Å². The fraction of sp³-hybridized carbons (Fsp3) is 1.00. The second-order valence-electron chi connectivity index (χ2n) is 6.29. The molecule has 0 saturated carbocycles. The van der Waals surface area contributed by atoms with Gasteiger partial charge in [0.2, 0.25) is 0 Å². The molecular weight excluding hydrogens is 210 g/mol. The maximum absolute atomic E-state index is 6.20. The number of piperidine rings is 2. The van der Waals surface area contributed by atoms with Gasteiger partial charge >= 0.3 is 0 Å². The van der Waals surface area contributed by atoms with Crippen molar-refractivity contribution in [2.75, 3.05) is 26.2 Å². The standard InChI is InChI=1S/C14H29N3/c1-11(2)16-8-5-13(6-9-16)17-7-4-12(3)14(15)10-17/h11-14H,4-10,15H2,1-3H3. The van der Waals surface area contributed by atoms with Crippen molar-refractivity contribution in [3.8, 4) is 0 Å². The molecule has 2 fully saturated rings. The predicted octanol–water partition coefficient (Wildman–Crippen LogP) is 1.53. The molecule has 0 bridgehead atoms. The molecular formula is C14H29N3. The number of nitrogens with zero attached hydrogens (tertiary/aromatic N) is 2. The van der Waals surface area contributed by atoms with Crippen molar-refractivity contribution in [1.82, 2.24) is 9.80 Å². The summed E-state index contributed by atoms with van der Waals surface area (Å²) in [7, 11) is 0. The lowest BCUT2D eigenvalue weighted by atomic mass is 9.91. The number of nitrogens with two attached hydrogens (primary N) is 1. The van der Waals surface area contributed by atoms with Crippen LogP contribution in [0.15, 0.2) is 0 Å². The monoisotopic (exact) mass is 239 g/mol. The minimum Gasteiger partial charge on any atom is -0.326 e. The van der Waals surface area contributed by atoms with E-state index in [0.29, 0.717) is 18.0 Å². The molecule has 3 nitrogen and oxygen atoms in total. The van der Waals surface area contributed by atoms with Gasteiger partial charge in [0, 0.05) is 24.7 Å². The Morgan fingerprint density at radius 3 is 2.24 bits per heavy atom. The summed E-state index contributed by atoms with van der Waals surface area (Å²) in [6, 6.07) is 1.90. The molecule has 2 heterocycles. The summed E-state index contributed by atoms with van der Waals surface area (Å²) in [5.74, 6) is 0.710. The summed E-state index contributed by atoms with van der Waals surface area (Å²) >= 11 is 0. The molecule has 2 aliphatic heterocycles. The van der Waals surface area contributed by atoms with E-state index in [0.717, 1.165) is 12.6 Å². The lowest BCUT2D eigenvalue weighted by Crippen LogP contribution is -2.54. The molecule has 2 aliphatic rings. The second kappa shape index (κ2) is 5.68. The maximum Gasteiger partial charge on any atom is 0.0194 e. The van der Waals surface area contributed by atoms with Crippen LogP contribution in [0, 0.1) is 5.92 Å². The van der Waals surface area contributed by atoms with Crippen LogP contribution < -0.4 is 5.73 Å². The zero-order valence-electron chi connectivity index (χ0n) is 11.7. The van der Waals surface area contributed by atoms with Crippen LogP contribution in [0.5, 0.6) is 0 Å². The van der Waals surface area contributed by atoms with E-state index in [-0.39, 0.29) is 0 Å². The zero-order chi connectivity index (χ0) is 12.4. The number of rotatable bonds is 2. The van der Waals surface area contributed by atoms with Crippen LogP contribution in [0.3, 0.4) is 0 Å². The highest BCUT2D eigenvalue weighted by atomic mass is 15.2. The Bertz CT molecular complexity index is 234. The summed E-state index contributed by atoms with van der Waals surface area (Å²) < 4.78 is 0. The quantitative estimate of drug-likeness (QED) is 0.793. The minimum atomic E-state index is 0.395. The van der Waals surface area contributed by atoms with Crippen molar-refractivity contribution in [1.29, 1.82) is 0 Å². The number of hydrogen-bond donors (Lipinski definition) is 1. The van der Waals surface area contributed by atoms with Gasteiger partial charge < -0.3 is 10.6 Å². The molecule has 100 valence electrons. The van der Waals surface area contributed by atoms with Crippen LogP contribution >= 0.6 is 0 Å². The molecule has 2 N–H and O–H groups in total. The smallest absolute Gasteiger partial charge is 0.0194 e. The van der Waals surface area contributed by atoms with Gasteiger partial charge in [-0.1, -0.05) is 6.92 Å². The average molecular weight is 239 g/mol. The highest BCUT2D eigenvalue weighted by molar-refractivity contribution is 4.87. The summed E-state index contributed by atoms with van der Waals surface area (Å²) in [6.45, 7) is 11.8. The van der Waals surface area contributed by atoms with Crippen molar-refractivity contribution >= 4 is 0 Å². The van der Waals surface area contributed by atoms with Crippen LogP contribution in [-0.4, -0.2) is 54.1 Å². The SMILES string of the molecule is CC1CCN(C2CCN(C(C)C)CC2)CC1N. The third-order valence-corrected chi connectivity index (χ3v) is 4.79. The Morgan fingerprint density at radius 1 is 1.06 bits per heavy atom. The molecule has 3 heteroatoms. The van der Waals surface area contributed by atoms with Gasteiger partial charge in [-0.25, -0.2) is 0 Å². The Kier molecular flexibility index (Phi) is 4.45. The molecule has 2 atom stereocenters. The van der Waals surface area contributed by atoms with Crippen LogP contribution in [0.4, 0.5) is 0 Å². The van der Waals surface area contributed by atoms with Crippen molar-refractivity contribution < 1.29 is 0 Å². The second-order valence-corrected chi connectivity index (χ2v) is 6.29. The van der Waals surface area contributed by atoms with Crippen LogP contribution in [-0.2, 0) is 0 Å². The number of likely N-dealkylation sites (tertiary alicyclic amines) is 2. The minimum absolute atomic E-state index is 0.395. The van der Waals surface area contributed by atoms with E-state index in [1.807, 2.05) is 0 Å². The lowest BCUT2D eigenvalue weighted by Gasteiger charge is -2.44. The first kappa shape index (κ1) is 13.3. The van der Waals surface area contributed by atoms with Gasteiger partial charge in [-0.15, -0.1) is 0 Å². The Morgan fingerprint density at radius 2 is 1.71 bits per heavy atom. The van der Waals surface area contributed by atoms with Gasteiger partial charge in [-0.2, -0.15) is 0 Å². The molecule has 0 aromatic rings. The summed E-state index contributed by atoms with van der Waals surface area (Å²) in [6.07, 6.45) is 3.95. The van der Waals surface area contributed by atoms with E-state index in [1.54, 1.807) is 0 Å². The number of hydrogen-bond acceptors (Lipinski definition) is 3. The summed E-state index contributed by atoms with van der Waals surface area (Å²) in [5, 5.41) is 0. The van der Waals surface area contributed by atoms with E-state index in [9.17, 15) is 0 Å². The molecule has 0 spiro atoms. The van der Waals surface area contributed by atoms with Gasteiger partial charge in [-0.3, -0.25) is 4.90 Å². The molecule has 2 rings (SSSR count). The Hall–Kier alpha value is -0.120. The normalized spacial score (nSPS) is 34.4. The van der Waals surface area contributed by atoms with E-state index in [2.05, 4.69) is 30.6 Å². The largest absolute Gasteiger partial charge is 0.326 e. The predicted molar refractivity (Wildman–Crippen MR) is 73.1 cm³/mol.